The summed E-state index contributed by atoms with van der Waals surface area (Å²) in [5, 5.41) is 9.70. The van der Waals surface area contributed by atoms with Gasteiger partial charge in [-0.1, -0.05) is 19.6 Å². The van der Waals surface area contributed by atoms with Gasteiger partial charge in [-0.15, -0.1) is 5.11 Å². The van der Waals surface area contributed by atoms with Gasteiger partial charge in [0.2, 0.25) is 0 Å². The zero-order chi connectivity index (χ0) is 22.5. The number of ether oxygens (including phenoxy) is 2. The lowest BCUT2D eigenvalue weighted by Crippen LogP contribution is -2.31. The maximum atomic E-state index is 6.06. The lowest BCUT2D eigenvalue weighted by Gasteiger charge is -2.29. The first-order valence-corrected chi connectivity index (χ1v) is 14.6. The maximum Gasteiger partial charge on any atom is 0.173 e. The Morgan fingerprint density at radius 1 is 1.19 bits per heavy atom. The highest BCUT2D eigenvalue weighted by Gasteiger charge is 2.30. The Kier molecular flexibility index (Phi) is 5.09. The van der Waals surface area contributed by atoms with Crippen molar-refractivity contribution in [2.45, 2.75) is 25.7 Å². The molecule has 0 amide bonds. The van der Waals surface area contributed by atoms with Crippen LogP contribution in [0.4, 0.5) is 11.5 Å². The molecule has 0 atom stereocenters. The Balaban J connectivity index is 1.49. The van der Waals surface area contributed by atoms with Crippen molar-refractivity contribution in [2.75, 3.05) is 36.9 Å². The topological polar surface area (TPSA) is 70.4 Å². The van der Waals surface area contributed by atoms with E-state index in [1.54, 1.807) is 7.11 Å². The monoisotopic (exact) mass is 450 g/mol. The molecular formula is C23H30N6O2Si. The van der Waals surface area contributed by atoms with Crippen molar-refractivity contribution in [1.29, 1.82) is 0 Å². The molecule has 0 unspecified atom stereocenters. The molecule has 2 aliphatic rings. The van der Waals surface area contributed by atoms with Crippen molar-refractivity contribution in [3.8, 4) is 17.0 Å². The van der Waals surface area contributed by atoms with E-state index in [4.69, 9.17) is 9.47 Å². The number of nitrogens with zero attached hydrogens (tertiary/aromatic N) is 5. The Morgan fingerprint density at radius 2 is 2.03 bits per heavy atom. The average Bonchev–Trinajstić information content (AvgIpc) is 3.46. The predicted molar refractivity (Wildman–Crippen MR) is 131 cm³/mol. The largest absolute Gasteiger partial charge is 0.497 e. The number of nitrogens with one attached hydrogen (secondary N) is 1. The summed E-state index contributed by atoms with van der Waals surface area (Å²) in [6.45, 7) is 8.88. The number of hydrogen-bond donors (Lipinski definition) is 1. The number of aromatic nitrogens is 2. The molecule has 3 aromatic rings. The number of aromatic amines is 1. The number of fused-ring (bicyclic) bond motifs is 4. The fourth-order valence-corrected chi connectivity index (χ4v) is 4.91. The van der Waals surface area contributed by atoms with E-state index in [-0.39, 0.29) is 0 Å². The fourth-order valence-electron chi connectivity index (χ4n) is 4.15. The lowest BCUT2D eigenvalue weighted by atomic mass is 10.1. The minimum absolute atomic E-state index is 0.480. The normalized spacial score (nSPS) is 15.3. The molecule has 2 aliphatic heterocycles. The van der Waals surface area contributed by atoms with Crippen molar-refractivity contribution >= 4 is 30.5 Å². The van der Waals surface area contributed by atoms with Gasteiger partial charge in [0.25, 0.3) is 0 Å². The number of aryl methyl sites for hydroxylation is 1. The molecule has 0 aliphatic carbocycles. The highest BCUT2D eigenvalue weighted by molar-refractivity contribution is 6.76. The van der Waals surface area contributed by atoms with Gasteiger partial charge in [0.15, 0.2) is 5.82 Å². The van der Waals surface area contributed by atoms with Crippen molar-refractivity contribution in [2.24, 2.45) is 17.3 Å². The number of benzene rings is 1. The molecule has 9 heteroatoms. The van der Waals surface area contributed by atoms with E-state index in [1.165, 1.54) is 0 Å². The summed E-state index contributed by atoms with van der Waals surface area (Å²) in [5.41, 5.74) is 4.40. The van der Waals surface area contributed by atoms with Gasteiger partial charge in [-0.05, 0) is 30.3 Å². The fraction of sp³-hybridized carbons (Fsp3) is 0.391. The molecule has 0 saturated heterocycles. The van der Waals surface area contributed by atoms with E-state index < -0.39 is 8.07 Å². The molecule has 1 aromatic carbocycles. The van der Waals surface area contributed by atoms with Crippen LogP contribution >= 0.6 is 0 Å². The first kappa shape index (κ1) is 20.8. The van der Waals surface area contributed by atoms with Crippen LogP contribution in [-0.4, -0.2) is 44.7 Å². The van der Waals surface area contributed by atoms with Gasteiger partial charge in [0, 0.05) is 44.4 Å². The van der Waals surface area contributed by atoms with E-state index in [9.17, 15) is 0 Å². The summed E-state index contributed by atoms with van der Waals surface area (Å²) in [4.78, 5) is 7.87. The Bertz CT molecular complexity index is 1220. The second-order valence-electron chi connectivity index (χ2n) is 9.57. The summed E-state index contributed by atoms with van der Waals surface area (Å²) in [6, 6.07) is 9.50. The third-order valence-electron chi connectivity index (χ3n) is 5.99. The lowest BCUT2D eigenvalue weighted by molar-refractivity contribution is 0.152. The van der Waals surface area contributed by atoms with Crippen molar-refractivity contribution in [3.63, 3.8) is 0 Å². The molecule has 0 saturated carbocycles. The number of rotatable bonds is 7. The van der Waals surface area contributed by atoms with Crippen LogP contribution in [0.1, 0.15) is 0 Å². The third-order valence-corrected chi connectivity index (χ3v) is 7.70. The quantitative estimate of drug-likeness (QED) is 0.389. The van der Waals surface area contributed by atoms with E-state index in [2.05, 4.69) is 80.7 Å². The first-order chi connectivity index (χ1) is 15.3. The van der Waals surface area contributed by atoms with Crippen LogP contribution < -0.4 is 14.5 Å². The maximum absolute atomic E-state index is 6.06. The second-order valence-corrected chi connectivity index (χ2v) is 15.2. The third kappa shape index (κ3) is 3.71. The van der Waals surface area contributed by atoms with Crippen molar-refractivity contribution in [1.82, 2.24) is 9.55 Å². The molecule has 0 bridgehead atoms. The number of hydrogen-bond acceptors (Lipinski definition) is 6. The molecule has 4 heterocycles. The van der Waals surface area contributed by atoms with Crippen LogP contribution in [0.2, 0.25) is 25.7 Å². The van der Waals surface area contributed by atoms with E-state index >= 15 is 0 Å². The van der Waals surface area contributed by atoms with Gasteiger partial charge in [-0.2, -0.15) is 5.11 Å². The van der Waals surface area contributed by atoms with Gasteiger partial charge in [-0.3, -0.25) is 4.90 Å². The summed E-state index contributed by atoms with van der Waals surface area (Å²) in [7, 11) is 2.64. The highest BCUT2D eigenvalue weighted by atomic mass is 28.3. The minimum Gasteiger partial charge on any atom is -0.497 e. The van der Waals surface area contributed by atoms with Crippen LogP contribution in [0.3, 0.4) is 0 Å². The van der Waals surface area contributed by atoms with Gasteiger partial charge in [0.1, 0.15) is 25.0 Å². The van der Waals surface area contributed by atoms with Gasteiger partial charge >= 0.3 is 0 Å². The molecule has 5 rings (SSSR count). The van der Waals surface area contributed by atoms with Crippen LogP contribution in [0.5, 0.6) is 5.75 Å². The van der Waals surface area contributed by atoms with Gasteiger partial charge < -0.3 is 23.9 Å². The standard InChI is InChI=1S/C23H30N6O2Si/c1-27-12-18(17-10-16(30-2)6-7-20(17)27)19-11-21-23(25-19)28(13-22-26-24-14-29(21)22)15-31-8-9-32(3,4)5/h6-7,10-13,25H,8-9,14-15H2,1-5H3. The Morgan fingerprint density at radius 3 is 2.81 bits per heavy atom. The molecule has 2 aromatic heterocycles. The van der Waals surface area contributed by atoms with Gasteiger partial charge in [0.05, 0.1) is 24.7 Å². The van der Waals surface area contributed by atoms with E-state index in [0.717, 1.165) is 57.9 Å². The van der Waals surface area contributed by atoms with Crippen molar-refractivity contribution in [3.05, 3.63) is 42.5 Å². The zero-order valence-corrected chi connectivity index (χ0v) is 20.3. The average molecular weight is 451 g/mol. The molecule has 0 fully saturated rings. The Hall–Kier alpha value is -3.04. The van der Waals surface area contributed by atoms with Crippen molar-refractivity contribution < 1.29 is 9.47 Å². The summed E-state index contributed by atoms with van der Waals surface area (Å²) in [5.74, 6) is 2.69. The minimum atomic E-state index is -1.13. The zero-order valence-electron chi connectivity index (χ0n) is 19.3. The molecule has 168 valence electrons. The first-order valence-electron chi connectivity index (χ1n) is 10.9. The second kappa shape index (κ2) is 7.82. The van der Waals surface area contributed by atoms with E-state index in [1.807, 2.05) is 12.3 Å². The molecule has 0 radical (unpaired) electrons. The SMILES string of the molecule is COc1ccc2c(c1)c(-c1cc3c([nH]1)N(COCC[Si](C)(C)C)C=C1N=NCN13)cn2C. The molecule has 8 nitrogen and oxygen atoms in total. The van der Waals surface area contributed by atoms with E-state index in [0.29, 0.717) is 13.4 Å². The number of anilines is 2. The summed E-state index contributed by atoms with van der Waals surface area (Å²) in [6.07, 6.45) is 4.17. The highest BCUT2D eigenvalue weighted by Crippen LogP contribution is 2.43. The molecule has 0 spiro atoms. The van der Waals surface area contributed by atoms with Crippen LogP contribution in [-0.2, 0) is 11.8 Å². The Labute approximate surface area is 189 Å². The molecule has 1 N–H and O–H groups in total. The van der Waals surface area contributed by atoms with Crippen LogP contribution in [0.25, 0.3) is 22.2 Å². The number of H-pyrrole nitrogens is 1. The predicted octanol–water partition coefficient (Wildman–Crippen LogP) is 5.34. The van der Waals surface area contributed by atoms with Gasteiger partial charge in [-0.25, -0.2) is 0 Å². The van der Waals surface area contributed by atoms with Crippen LogP contribution in [0.15, 0.2) is 52.7 Å². The summed E-state index contributed by atoms with van der Waals surface area (Å²) >= 11 is 0. The smallest absolute Gasteiger partial charge is 0.173 e. The van der Waals surface area contributed by atoms with Crippen LogP contribution in [0, 0.1) is 0 Å². The number of methoxy groups -OCH3 is 1. The molecular weight excluding hydrogens is 420 g/mol. The molecule has 32 heavy (non-hydrogen) atoms. The summed E-state index contributed by atoms with van der Waals surface area (Å²) < 4.78 is 13.7. The number of azo groups is 1.